The normalized spacial score (nSPS) is 16.5. The third kappa shape index (κ3) is 4.08. The highest BCUT2D eigenvalue weighted by Crippen LogP contribution is 2.07. The van der Waals surface area contributed by atoms with Crippen molar-refractivity contribution in [3.63, 3.8) is 0 Å². The molecular formula is C13H24N4O. The van der Waals surface area contributed by atoms with Crippen LogP contribution in [-0.4, -0.2) is 54.3 Å². The molecule has 1 fully saturated rings. The largest absolute Gasteiger partial charge is 0.383 e. The quantitative estimate of drug-likeness (QED) is 0.692. The van der Waals surface area contributed by atoms with Gasteiger partial charge in [-0.2, -0.15) is 0 Å². The summed E-state index contributed by atoms with van der Waals surface area (Å²) >= 11 is 0. The van der Waals surface area contributed by atoms with Crippen LogP contribution in [0.5, 0.6) is 0 Å². The third-order valence-corrected chi connectivity index (χ3v) is 3.42. The zero-order valence-electron chi connectivity index (χ0n) is 11.3. The standard InChI is InChI=1S/C13H24N4O/c1-18-11-5-14-12-13-15-4-8-17(13)10-9-16-6-2-3-7-16/h4,8,14H,2-3,5-7,9-12H2,1H3. The first-order chi connectivity index (χ1) is 8.90. The summed E-state index contributed by atoms with van der Waals surface area (Å²) in [5.41, 5.74) is 0. The van der Waals surface area contributed by atoms with Crippen molar-refractivity contribution < 1.29 is 4.74 Å². The predicted molar refractivity (Wildman–Crippen MR) is 71.5 cm³/mol. The van der Waals surface area contributed by atoms with Crippen molar-refractivity contribution in [2.24, 2.45) is 0 Å². The number of hydrogen-bond acceptors (Lipinski definition) is 4. The highest BCUT2D eigenvalue weighted by Gasteiger charge is 2.11. The topological polar surface area (TPSA) is 42.3 Å². The van der Waals surface area contributed by atoms with Crippen LogP contribution in [0.2, 0.25) is 0 Å². The summed E-state index contributed by atoms with van der Waals surface area (Å²) in [5, 5.41) is 3.34. The van der Waals surface area contributed by atoms with Crippen LogP contribution in [0.25, 0.3) is 0 Å². The Labute approximate surface area is 109 Å². The van der Waals surface area contributed by atoms with Crippen LogP contribution in [0.1, 0.15) is 18.7 Å². The summed E-state index contributed by atoms with van der Waals surface area (Å²) in [6, 6.07) is 0. The number of methoxy groups -OCH3 is 1. The van der Waals surface area contributed by atoms with Crippen molar-refractivity contribution >= 4 is 0 Å². The van der Waals surface area contributed by atoms with Gasteiger partial charge in [-0.3, -0.25) is 0 Å². The summed E-state index contributed by atoms with van der Waals surface area (Å²) in [6.45, 7) is 7.13. The van der Waals surface area contributed by atoms with Crippen LogP contribution in [0, 0.1) is 0 Å². The number of likely N-dealkylation sites (tertiary alicyclic amines) is 1. The Hall–Kier alpha value is -0.910. The first kappa shape index (κ1) is 13.5. The number of ether oxygens (including phenoxy) is 1. The van der Waals surface area contributed by atoms with E-state index in [0.29, 0.717) is 0 Å². The van der Waals surface area contributed by atoms with E-state index in [1.807, 2.05) is 6.20 Å². The van der Waals surface area contributed by atoms with E-state index in [2.05, 4.69) is 26.0 Å². The molecule has 5 nitrogen and oxygen atoms in total. The van der Waals surface area contributed by atoms with Crippen LogP contribution in [0.3, 0.4) is 0 Å². The lowest BCUT2D eigenvalue weighted by atomic mass is 10.4. The summed E-state index contributed by atoms with van der Waals surface area (Å²) < 4.78 is 7.26. The van der Waals surface area contributed by atoms with Crippen molar-refractivity contribution in [1.82, 2.24) is 19.8 Å². The number of rotatable bonds is 8. The molecule has 0 atom stereocenters. The number of hydrogen-bond donors (Lipinski definition) is 1. The first-order valence-corrected chi connectivity index (χ1v) is 6.82. The molecule has 1 N–H and O–H groups in total. The van der Waals surface area contributed by atoms with E-state index in [0.717, 1.165) is 38.6 Å². The Morgan fingerprint density at radius 2 is 2.17 bits per heavy atom. The second kappa shape index (κ2) is 7.51. The van der Waals surface area contributed by atoms with Crippen LogP contribution in [0.4, 0.5) is 0 Å². The second-order valence-electron chi connectivity index (χ2n) is 4.76. The maximum Gasteiger partial charge on any atom is 0.122 e. The summed E-state index contributed by atoms with van der Waals surface area (Å²) in [4.78, 5) is 6.93. The molecule has 0 bridgehead atoms. The van der Waals surface area contributed by atoms with Gasteiger partial charge in [-0.1, -0.05) is 0 Å². The summed E-state index contributed by atoms with van der Waals surface area (Å²) in [5.74, 6) is 1.12. The molecule has 2 heterocycles. The van der Waals surface area contributed by atoms with Gasteiger partial charge in [0.25, 0.3) is 0 Å². The Morgan fingerprint density at radius 3 is 2.94 bits per heavy atom. The molecule has 0 aliphatic carbocycles. The average Bonchev–Trinajstić information content (AvgIpc) is 3.03. The Bertz CT molecular complexity index is 333. The molecule has 0 saturated carbocycles. The Kier molecular flexibility index (Phi) is 5.64. The van der Waals surface area contributed by atoms with Crippen molar-refractivity contribution in [2.45, 2.75) is 25.9 Å². The number of imidazole rings is 1. The van der Waals surface area contributed by atoms with Crippen molar-refractivity contribution in [1.29, 1.82) is 0 Å². The molecular weight excluding hydrogens is 228 g/mol. The molecule has 1 aliphatic heterocycles. The predicted octanol–water partition coefficient (Wildman–Crippen LogP) is 0.715. The van der Waals surface area contributed by atoms with E-state index >= 15 is 0 Å². The van der Waals surface area contributed by atoms with Crippen molar-refractivity contribution in [3.8, 4) is 0 Å². The van der Waals surface area contributed by atoms with Gasteiger partial charge in [0.2, 0.25) is 0 Å². The number of aromatic nitrogens is 2. The molecule has 1 saturated heterocycles. The maximum absolute atomic E-state index is 5.01. The van der Waals surface area contributed by atoms with E-state index in [9.17, 15) is 0 Å². The second-order valence-corrected chi connectivity index (χ2v) is 4.76. The average molecular weight is 252 g/mol. The fraction of sp³-hybridized carbons (Fsp3) is 0.769. The first-order valence-electron chi connectivity index (χ1n) is 6.82. The molecule has 102 valence electrons. The highest BCUT2D eigenvalue weighted by atomic mass is 16.5. The maximum atomic E-state index is 5.01. The molecule has 18 heavy (non-hydrogen) atoms. The van der Waals surface area contributed by atoms with Gasteiger partial charge in [0.05, 0.1) is 13.2 Å². The van der Waals surface area contributed by atoms with Gasteiger partial charge < -0.3 is 19.5 Å². The zero-order valence-corrected chi connectivity index (χ0v) is 11.3. The van der Waals surface area contributed by atoms with Gasteiger partial charge in [-0.15, -0.1) is 0 Å². The SMILES string of the molecule is COCCNCc1nccn1CCN1CCCC1. The summed E-state index contributed by atoms with van der Waals surface area (Å²) in [7, 11) is 1.72. The number of nitrogens with one attached hydrogen (secondary N) is 1. The molecule has 5 heteroatoms. The fourth-order valence-corrected chi connectivity index (χ4v) is 2.34. The van der Waals surface area contributed by atoms with Crippen molar-refractivity contribution in [3.05, 3.63) is 18.2 Å². The van der Waals surface area contributed by atoms with Crippen LogP contribution in [-0.2, 0) is 17.8 Å². The van der Waals surface area contributed by atoms with Crippen LogP contribution in [0.15, 0.2) is 12.4 Å². The smallest absolute Gasteiger partial charge is 0.122 e. The molecule has 1 aliphatic rings. The van der Waals surface area contributed by atoms with Crippen LogP contribution >= 0.6 is 0 Å². The van der Waals surface area contributed by atoms with Gasteiger partial charge >= 0.3 is 0 Å². The van der Waals surface area contributed by atoms with Gasteiger partial charge in [0.1, 0.15) is 5.82 Å². The van der Waals surface area contributed by atoms with Gasteiger partial charge in [0.15, 0.2) is 0 Å². The summed E-state index contributed by atoms with van der Waals surface area (Å²) in [6.07, 6.45) is 6.67. The minimum Gasteiger partial charge on any atom is -0.383 e. The highest BCUT2D eigenvalue weighted by molar-refractivity contribution is 4.92. The van der Waals surface area contributed by atoms with Crippen molar-refractivity contribution in [2.75, 3.05) is 39.9 Å². The lowest BCUT2D eigenvalue weighted by molar-refractivity contribution is 0.198. The molecule has 0 amide bonds. The molecule has 0 unspecified atom stereocenters. The van der Waals surface area contributed by atoms with Crippen LogP contribution < -0.4 is 5.32 Å². The molecule has 1 aromatic heterocycles. The molecule has 2 rings (SSSR count). The van der Waals surface area contributed by atoms with E-state index in [-0.39, 0.29) is 0 Å². The minimum atomic E-state index is 0.745. The minimum absolute atomic E-state index is 0.745. The number of nitrogens with zero attached hydrogens (tertiary/aromatic N) is 3. The lowest BCUT2D eigenvalue weighted by Crippen LogP contribution is -2.26. The van der Waals surface area contributed by atoms with Gasteiger partial charge in [-0.25, -0.2) is 4.98 Å². The lowest BCUT2D eigenvalue weighted by Gasteiger charge is -2.16. The van der Waals surface area contributed by atoms with Gasteiger partial charge in [-0.05, 0) is 25.9 Å². The van der Waals surface area contributed by atoms with Gasteiger partial charge in [0, 0.05) is 39.1 Å². The monoisotopic (exact) mass is 252 g/mol. The molecule has 1 aromatic rings. The molecule has 0 aromatic carbocycles. The Morgan fingerprint density at radius 1 is 1.33 bits per heavy atom. The van der Waals surface area contributed by atoms with E-state index in [1.165, 1.54) is 25.9 Å². The third-order valence-electron chi connectivity index (χ3n) is 3.42. The fourth-order valence-electron chi connectivity index (χ4n) is 2.34. The van der Waals surface area contributed by atoms with E-state index < -0.39 is 0 Å². The Balaban J connectivity index is 1.72. The zero-order chi connectivity index (χ0) is 12.6. The molecule has 0 spiro atoms. The van der Waals surface area contributed by atoms with E-state index in [4.69, 9.17) is 4.74 Å². The molecule has 0 radical (unpaired) electrons. The van der Waals surface area contributed by atoms with E-state index in [1.54, 1.807) is 7.11 Å².